The van der Waals surface area contributed by atoms with E-state index in [2.05, 4.69) is 67.6 Å². The van der Waals surface area contributed by atoms with Crippen LogP contribution in [-0.4, -0.2) is 47.6 Å². The number of hydrogen-bond acceptors (Lipinski definition) is 6. The molecular weight excluding hydrogens is 340 g/mol. The molecule has 0 radical (unpaired) electrons. The summed E-state index contributed by atoms with van der Waals surface area (Å²) in [6.45, 7) is 9.80. The van der Waals surface area contributed by atoms with Gasteiger partial charge in [0.1, 0.15) is 25.0 Å². The average molecular weight is 366 g/mol. The first-order valence-corrected chi connectivity index (χ1v) is 9.58. The molecule has 8 nitrogen and oxygen atoms in total. The van der Waals surface area contributed by atoms with E-state index in [4.69, 9.17) is 0 Å². The monoisotopic (exact) mass is 366 g/mol. The molecule has 4 rings (SSSR count). The maximum atomic E-state index is 4.54. The summed E-state index contributed by atoms with van der Waals surface area (Å²) in [7, 11) is 0. The fourth-order valence-electron chi connectivity index (χ4n) is 3.96. The van der Waals surface area contributed by atoms with Crippen molar-refractivity contribution in [3.63, 3.8) is 0 Å². The normalized spacial score (nSPS) is 15.4. The SMILES string of the molecule is CCn1c(Cn2cncn2)nnc1C1CCN(c2cc(C)nc(C)c2)CC1. The lowest BCUT2D eigenvalue weighted by molar-refractivity contribution is 0.463. The van der Waals surface area contributed by atoms with Gasteiger partial charge in [-0.05, 0) is 45.7 Å². The van der Waals surface area contributed by atoms with Crippen LogP contribution < -0.4 is 4.90 Å². The fraction of sp³-hybridized carbons (Fsp3) is 0.526. The van der Waals surface area contributed by atoms with E-state index in [9.17, 15) is 0 Å². The standard InChI is InChI=1S/C19H26N8/c1-4-27-18(11-26-13-20-12-21-26)23-24-19(27)16-5-7-25(8-6-16)17-9-14(2)22-15(3)10-17/h9-10,12-13,16H,4-8,11H2,1-3H3. The van der Waals surface area contributed by atoms with Crippen LogP contribution >= 0.6 is 0 Å². The van der Waals surface area contributed by atoms with Crippen molar-refractivity contribution in [1.29, 1.82) is 0 Å². The van der Waals surface area contributed by atoms with E-state index in [0.717, 1.165) is 55.5 Å². The summed E-state index contributed by atoms with van der Waals surface area (Å²) in [5, 5.41) is 13.2. The van der Waals surface area contributed by atoms with E-state index in [1.807, 2.05) is 0 Å². The predicted octanol–water partition coefficient (Wildman–Crippen LogP) is 2.33. The molecule has 27 heavy (non-hydrogen) atoms. The molecule has 3 aromatic rings. The average Bonchev–Trinajstić information content (AvgIpc) is 3.31. The zero-order chi connectivity index (χ0) is 18.8. The van der Waals surface area contributed by atoms with Gasteiger partial charge in [0.05, 0.1) is 0 Å². The molecule has 1 aliphatic rings. The first-order chi connectivity index (χ1) is 13.1. The topological polar surface area (TPSA) is 77.5 Å². The third kappa shape index (κ3) is 3.70. The minimum atomic E-state index is 0.447. The molecule has 142 valence electrons. The molecule has 8 heteroatoms. The van der Waals surface area contributed by atoms with Crippen LogP contribution in [0.2, 0.25) is 0 Å². The summed E-state index contributed by atoms with van der Waals surface area (Å²) in [5.74, 6) is 2.50. The van der Waals surface area contributed by atoms with E-state index in [1.165, 1.54) is 5.69 Å². The highest BCUT2D eigenvalue weighted by atomic mass is 15.4. The molecular formula is C19H26N8. The first kappa shape index (κ1) is 17.6. The van der Waals surface area contributed by atoms with Gasteiger partial charge in [0, 0.05) is 42.6 Å². The third-order valence-corrected chi connectivity index (χ3v) is 5.23. The maximum Gasteiger partial charge on any atom is 0.154 e. The Balaban J connectivity index is 1.47. The van der Waals surface area contributed by atoms with Gasteiger partial charge in [-0.1, -0.05) is 0 Å². The molecule has 0 saturated carbocycles. The highest BCUT2D eigenvalue weighted by molar-refractivity contribution is 5.48. The molecule has 0 unspecified atom stereocenters. The lowest BCUT2D eigenvalue weighted by Gasteiger charge is -2.33. The highest BCUT2D eigenvalue weighted by Gasteiger charge is 2.26. The molecule has 0 aromatic carbocycles. The van der Waals surface area contributed by atoms with Crippen LogP contribution in [0.25, 0.3) is 0 Å². The summed E-state index contributed by atoms with van der Waals surface area (Å²) in [6.07, 6.45) is 5.43. The van der Waals surface area contributed by atoms with E-state index in [0.29, 0.717) is 12.5 Å². The predicted molar refractivity (Wildman–Crippen MR) is 103 cm³/mol. The van der Waals surface area contributed by atoms with Crippen LogP contribution in [0.1, 0.15) is 48.7 Å². The molecule has 0 amide bonds. The maximum absolute atomic E-state index is 4.54. The Morgan fingerprint density at radius 1 is 1.07 bits per heavy atom. The Bertz CT molecular complexity index is 870. The van der Waals surface area contributed by atoms with Crippen LogP contribution in [0.4, 0.5) is 5.69 Å². The van der Waals surface area contributed by atoms with Gasteiger partial charge in [-0.3, -0.25) is 4.98 Å². The van der Waals surface area contributed by atoms with Crippen molar-refractivity contribution in [2.45, 2.75) is 52.6 Å². The molecule has 0 bridgehead atoms. The van der Waals surface area contributed by atoms with Crippen LogP contribution in [0.5, 0.6) is 0 Å². The van der Waals surface area contributed by atoms with Crippen LogP contribution in [0.3, 0.4) is 0 Å². The van der Waals surface area contributed by atoms with E-state index in [1.54, 1.807) is 17.3 Å². The molecule has 4 heterocycles. The van der Waals surface area contributed by atoms with E-state index >= 15 is 0 Å². The lowest BCUT2D eigenvalue weighted by atomic mass is 9.95. The summed E-state index contributed by atoms with van der Waals surface area (Å²) in [5.41, 5.74) is 3.44. The Morgan fingerprint density at radius 2 is 1.81 bits per heavy atom. The number of piperidine rings is 1. The number of rotatable bonds is 5. The van der Waals surface area contributed by atoms with Crippen molar-refractivity contribution in [1.82, 2.24) is 34.5 Å². The van der Waals surface area contributed by atoms with Gasteiger partial charge < -0.3 is 9.47 Å². The molecule has 0 atom stereocenters. The molecule has 1 saturated heterocycles. The van der Waals surface area contributed by atoms with Gasteiger partial charge in [-0.2, -0.15) is 5.10 Å². The molecule has 0 spiro atoms. The highest BCUT2D eigenvalue weighted by Crippen LogP contribution is 2.30. The number of nitrogens with zero attached hydrogens (tertiary/aromatic N) is 8. The van der Waals surface area contributed by atoms with Crippen molar-refractivity contribution >= 4 is 5.69 Å². The zero-order valence-electron chi connectivity index (χ0n) is 16.2. The van der Waals surface area contributed by atoms with Gasteiger partial charge in [0.2, 0.25) is 0 Å². The van der Waals surface area contributed by atoms with Gasteiger partial charge in [-0.25, -0.2) is 9.67 Å². The minimum Gasteiger partial charge on any atom is -0.371 e. The van der Waals surface area contributed by atoms with Gasteiger partial charge >= 0.3 is 0 Å². The first-order valence-electron chi connectivity index (χ1n) is 9.58. The number of pyridine rings is 1. The summed E-state index contributed by atoms with van der Waals surface area (Å²) < 4.78 is 4.03. The van der Waals surface area contributed by atoms with Gasteiger partial charge in [0.15, 0.2) is 5.82 Å². The van der Waals surface area contributed by atoms with Gasteiger partial charge in [0.25, 0.3) is 0 Å². The molecule has 1 fully saturated rings. The second-order valence-electron chi connectivity index (χ2n) is 7.18. The largest absolute Gasteiger partial charge is 0.371 e. The Kier molecular flexibility index (Phi) is 4.87. The van der Waals surface area contributed by atoms with Crippen molar-refractivity contribution in [2.75, 3.05) is 18.0 Å². The van der Waals surface area contributed by atoms with E-state index in [-0.39, 0.29) is 0 Å². The van der Waals surface area contributed by atoms with Crippen molar-refractivity contribution in [3.05, 3.63) is 47.8 Å². The Labute approximate surface area is 159 Å². The van der Waals surface area contributed by atoms with Crippen LogP contribution in [0.15, 0.2) is 24.8 Å². The quantitative estimate of drug-likeness (QED) is 0.690. The summed E-state index contributed by atoms with van der Waals surface area (Å²) >= 11 is 0. The third-order valence-electron chi connectivity index (χ3n) is 5.23. The van der Waals surface area contributed by atoms with Crippen molar-refractivity contribution in [3.8, 4) is 0 Å². The number of aromatic nitrogens is 7. The Hall–Kier alpha value is -2.77. The minimum absolute atomic E-state index is 0.447. The van der Waals surface area contributed by atoms with Crippen molar-refractivity contribution in [2.24, 2.45) is 0 Å². The Morgan fingerprint density at radius 3 is 2.44 bits per heavy atom. The van der Waals surface area contributed by atoms with Crippen molar-refractivity contribution < 1.29 is 0 Å². The molecule has 1 aliphatic heterocycles. The number of aryl methyl sites for hydroxylation is 2. The fourth-order valence-corrected chi connectivity index (χ4v) is 3.96. The second-order valence-corrected chi connectivity index (χ2v) is 7.18. The molecule has 0 N–H and O–H groups in total. The summed E-state index contributed by atoms with van der Waals surface area (Å²) in [6, 6.07) is 4.36. The van der Waals surface area contributed by atoms with Gasteiger partial charge in [-0.15, -0.1) is 10.2 Å². The van der Waals surface area contributed by atoms with E-state index < -0.39 is 0 Å². The lowest BCUT2D eigenvalue weighted by Crippen LogP contribution is -2.34. The zero-order valence-corrected chi connectivity index (χ0v) is 16.2. The van der Waals surface area contributed by atoms with Crippen LogP contribution in [-0.2, 0) is 13.1 Å². The van der Waals surface area contributed by atoms with Crippen LogP contribution in [0, 0.1) is 13.8 Å². The second kappa shape index (κ2) is 7.46. The molecule has 3 aromatic heterocycles. The summed E-state index contributed by atoms with van der Waals surface area (Å²) in [4.78, 5) is 11.0. The molecule has 0 aliphatic carbocycles. The number of hydrogen-bond donors (Lipinski definition) is 0. The number of anilines is 1. The smallest absolute Gasteiger partial charge is 0.154 e.